The number of hydrogen-bond donors (Lipinski definition) is 1. The second-order valence-electron chi connectivity index (χ2n) is 5.61. The van der Waals surface area contributed by atoms with Crippen molar-refractivity contribution < 1.29 is 23.1 Å². The third kappa shape index (κ3) is 2.28. The Morgan fingerprint density at radius 2 is 2.14 bits per heavy atom. The van der Waals surface area contributed by atoms with Gasteiger partial charge in [-0.25, -0.2) is 8.42 Å². The number of methoxy groups -OCH3 is 1. The fourth-order valence-corrected chi connectivity index (χ4v) is 5.88. The number of hydrogen-bond acceptors (Lipinski definition) is 4. The zero-order chi connectivity index (χ0) is 16.1. The Balaban J connectivity index is 2.05. The van der Waals surface area contributed by atoms with E-state index in [2.05, 4.69) is 0 Å². The summed E-state index contributed by atoms with van der Waals surface area (Å²) in [5.41, 5.74) is 0. The Morgan fingerprint density at radius 1 is 1.41 bits per heavy atom. The molecule has 3 unspecified atom stereocenters. The van der Waals surface area contributed by atoms with Gasteiger partial charge in [-0.05, 0) is 37.5 Å². The van der Waals surface area contributed by atoms with Crippen LogP contribution in [0.3, 0.4) is 0 Å². The van der Waals surface area contributed by atoms with Crippen LogP contribution < -0.4 is 4.74 Å². The van der Waals surface area contributed by atoms with E-state index in [0.717, 1.165) is 0 Å². The lowest BCUT2D eigenvalue weighted by atomic mass is 9.89. The largest absolute Gasteiger partial charge is 0.495 e. The summed E-state index contributed by atoms with van der Waals surface area (Å²) in [6.07, 6.45) is 1.63. The summed E-state index contributed by atoms with van der Waals surface area (Å²) in [5, 5.41) is 9.56. The molecule has 2 bridgehead atoms. The van der Waals surface area contributed by atoms with Crippen molar-refractivity contribution in [3.05, 3.63) is 23.2 Å². The predicted octanol–water partition coefficient (Wildman–Crippen LogP) is 1.97. The van der Waals surface area contributed by atoms with E-state index < -0.39 is 28.0 Å². The van der Waals surface area contributed by atoms with Gasteiger partial charge in [0.1, 0.15) is 10.6 Å². The first-order chi connectivity index (χ1) is 10.4. The topological polar surface area (TPSA) is 83.9 Å². The fourth-order valence-electron chi connectivity index (χ4n) is 3.54. The van der Waals surface area contributed by atoms with E-state index in [4.69, 9.17) is 16.3 Å². The molecule has 0 saturated carbocycles. The summed E-state index contributed by atoms with van der Waals surface area (Å²) in [7, 11) is -2.46. The van der Waals surface area contributed by atoms with Crippen molar-refractivity contribution >= 4 is 27.6 Å². The van der Waals surface area contributed by atoms with Crippen LogP contribution in [0.2, 0.25) is 5.02 Å². The van der Waals surface area contributed by atoms with Gasteiger partial charge in [0.25, 0.3) is 0 Å². The number of halogens is 1. The predicted molar refractivity (Wildman–Crippen MR) is 79.6 cm³/mol. The van der Waals surface area contributed by atoms with Gasteiger partial charge in [0.05, 0.1) is 13.0 Å². The minimum atomic E-state index is -3.85. The van der Waals surface area contributed by atoms with Gasteiger partial charge in [0.15, 0.2) is 0 Å². The minimum Gasteiger partial charge on any atom is -0.495 e. The Kier molecular flexibility index (Phi) is 3.82. The Hall–Kier alpha value is -1.31. The molecule has 8 heteroatoms. The smallest absolute Gasteiger partial charge is 0.308 e. The first-order valence-electron chi connectivity index (χ1n) is 6.96. The molecule has 2 saturated heterocycles. The second kappa shape index (κ2) is 5.40. The number of carbonyl (C=O) groups is 1. The monoisotopic (exact) mass is 345 g/mol. The van der Waals surface area contributed by atoms with Crippen LogP contribution in [0.1, 0.15) is 19.3 Å². The highest BCUT2D eigenvalue weighted by atomic mass is 35.5. The Morgan fingerprint density at radius 3 is 2.73 bits per heavy atom. The summed E-state index contributed by atoms with van der Waals surface area (Å²) in [5.74, 6) is -1.37. The summed E-state index contributed by atoms with van der Waals surface area (Å²) in [4.78, 5) is 11.3. The van der Waals surface area contributed by atoms with Crippen LogP contribution in [0.25, 0.3) is 0 Å². The molecular formula is C14H16ClNO5S. The highest BCUT2D eigenvalue weighted by Gasteiger charge is 2.54. The van der Waals surface area contributed by atoms with E-state index in [1.165, 1.54) is 23.5 Å². The third-order valence-electron chi connectivity index (χ3n) is 4.47. The molecule has 6 nitrogen and oxygen atoms in total. The molecule has 1 aromatic carbocycles. The SMILES string of the molecule is COc1ccc(Cl)cc1S(=O)(=O)N1C2CCC1C(C(=O)O)C2. The number of aliphatic carboxylic acids is 1. The van der Waals surface area contributed by atoms with E-state index >= 15 is 0 Å². The molecule has 1 aromatic rings. The number of nitrogens with zero attached hydrogens (tertiary/aromatic N) is 1. The summed E-state index contributed by atoms with van der Waals surface area (Å²) in [6, 6.07) is 3.65. The molecule has 2 aliphatic rings. The second-order valence-corrected chi connectivity index (χ2v) is 7.86. The quantitative estimate of drug-likeness (QED) is 0.902. The van der Waals surface area contributed by atoms with Crippen LogP contribution in [0, 0.1) is 5.92 Å². The van der Waals surface area contributed by atoms with Gasteiger partial charge < -0.3 is 9.84 Å². The van der Waals surface area contributed by atoms with Gasteiger partial charge in [-0.1, -0.05) is 11.6 Å². The third-order valence-corrected chi connectivity index (χ3v) is 6.71. The summed E-state index contributed by atoms with van der Waals surface area (Å²) in [6.45, 7) is 0. The van der Waals surface area contributed by atoms with Crippen LogP contribution in [0.15, 0.2) is 23.1 Å². The highest BCUT2D eigenvalue weighted by Crippen LogP contribution is 2.46. The summed E-state index contributed by atoms with van der Waals surface area (Å²) < 4.78 is 32.5. The lowest BCUT2D eigenvalue weighted by Gasteiger charge is -2.23. The molecule has 2 heterocycles. The number of benzene rings is 1. The molecule has 120 valence electrons. The van der Waals surface area contributed by atoms with E-state index in [-0.39, 0.29) is 16.7 Å². The van der Waals surface area contributed by atoms with E-state index in [1.807, 2.05) is 0 Å². The molecule has 0 aliphatic carbocycles. The molecular weight excluding hydrogens is 330 g/mol. The highest BCUT2D eigenvalue weighted by molar-refractivity contribution is 7.89. The maximum Gasteiger partial charge on any atom is 0.308 e. The lowest BCUT2D eigenvalue weighted by Crippen LogP contribution is -2.38. The number of fused-ring (bicyclic) bond motifs is 2. The molecule has 0 spiro atoms. The molecule has 2 fully saturated rings. The Bertz CT molecular complexity index is 720. The van der Waals surface area contributed by atoms with E-state index in [0.29, 0.717) is 24.3 Å². The standard InChI is InChI=1S/C14H16ClNO5S/c1-21-12-5-2-8(15)6-13(12)22(19,20)16-9-3-4-11(16)10(7-9)14(17)18/h2,5-6,9-11H,3-4,7H2,1H3,(H,17,18). The van der Waals surface area contributed by atoms with Gasteiger partial charge in [-0.3, -0.25) is 4.79 Å². The molecule has 3 rings (SSSR count). The molecule has 22 heavy (non-hydrogen) atoms. The van der Waals surface area contributed by atoms with Crippen molar-refractivity contribution in [1.82, 2.24) is 4.31 Å². The molecule has 0 amide bonds. The minimum absolute atomic E-state index is 0.00885. The Labute approximate surface area is 133 Å². The van der Waals surface area contributed by atoms with Crippen LogP contribution >= 0.6 is 11.6 Å². The van der Waals surface area contributed by atoms with Crippen molar-refractivity contribution in [3.8, 4) is 5.75 Å². The van der Waals surface area contributed by atoms with Gasteiger partial charge in [0, 0.05) is 17.1 Å². The number of ether oxygens (including phenoxy) is 1. The van der Waals surface area contributed by atoms with Gasteiger partial charge in [-0.2, -0.15) is 4.31 Å². The van der Waals surface area contributed by atoms with Crippen molar-refractivity contribution in [2.24, 2.45) is 5.92 Å². The van der Waals surface area contributed by atoms with Gasteiger partial charge in [-0.15, -0.1) is 0 Å². The average molecular weight is 346 g/mol. The maximum atomic E-state index is 13.0. The normalized spacial score (nSPS) is 28.0. The molecule has 1 N–H and O–H groups in total. The van der Waals surface area contributed by atoms with Crippen molar-refractivity contribution in [1.29, 1.82) is 0 Å². The van der Waals surface area contributed by atoms with Crippen LogP contribution in [0.4, 0.5) is 0 Å². The van der Waals surface area contributed by atoms with Crippen molar-refractivity contribution in [2.45, 2.75) is 36.2 Å². The van der Waals surface area contributed by atoms with Gasteiger partial charge in [0.2, 0.25) is 10.0 Å². The number of carboxylic acids is 1. The van der Waals surface area contributed by atoms with E-state index in [9.17, 15) is 18.3 Å². The molecule has 0 aromatic heterocycles. The fraction of sp³-hybridized carbons (Fsp3) is 0.500. The summed E-state index contributed by atoms with van der Waals surface area (Å²) >= 11 is 5.92. The maximum absolute atomic E-state index is 13.0. The first-order valence-corrected chi connectivity index (χ1v) is 8.78. The van der Waals surface area contributed by atoms with Gasteiger partial charge >= 0.3 is 5.97 Å². The lowest BCUT2D eigenvalue weighted by molar-refractivity contribution is -0.142. The zero-order valence-corrected chi connectivity index (χ0v) is 13.5. The number of carboxylic acid groups (broad SMARTS) is 1. The molecule has 0 radical (unpaired) electrons. The number of sulfonamides is 1. The molecule has 2 aliphatic heterocycles. The zero-order valence-electron chi connectivity index (χ0n) is 11.9. The van der Waals surface area contributed by atoms with Crippen molar-refractivity contribution in [3.63, 3.8) is 0 Å². The molecule has 3 atom stereocenters. The van der Waals surface area contributed by atoms with Crippen LogP contribution in [-0.2, 0) is 14.8 Å². The first kappa shape index (κ1) is 15.6. The van der Waals surface area contributed by atoms with Crippen LogP contribution in [0.5, 0.6) is 5.75 Å². The van der Waals surface area contributed by atoms with Crippen LogP contribution in [-0.4, -0.2) is 43.0 Å². The van der Waals surface area contributed by atoms with E-state index in [1.54, 1.807) is 6.07 Å². The number of rotatable bonds is 4. The average Bonchev–Trinajstić information content (AvgIpc) is 3.05. The van der Waals surface area contributed by atoms with Crippen molar-refractivity contribution in [2.75, 3.05) is 7.11 Å².